The van der Waals surface area contributed by atoms with Gasteiger partial charge in [-0.25, -0.2) is 0 Å². The highest BCUT2D eigenvalue weighted by atomic mass is 32.2. The van der Waals surface area contributed by atoms with Crippen LogP contribution in [0.15, 0.2) is 24.3 Å². The minimum Gasteiger partial charge on any atom is -0.324 e. The van der Waals surface area contributed by atoms with Crippen molar-refractivity contribution in [2.24, 2.45) is 5.73 Å². The third kappa shape index (κ3) is 1.50. The molecule has 1 nitrogen and oxygen atoms in total. The minimum absolute atomic E-state index is 0.260. The first-order chi connectivity index (χ1) is 5.88. The molecule has 0 amide bonds. The van der Waals surface area contributed by atoms with E-state index in [0.29, 0.717) is 0 Å². The second-order valence-corrected chi connectivity index (χ2v) is 4.25. The summed E-state index contributed by atoms with van der Waals surface area (Å²) >= 11 is 1.98. The van der Waals surface area contributed by atoms with E-state index in [-0.39, 0.29) is 6.04 Å². The molecule has 0 fully saturated rings. The van der Waals surface area contributed by atoms with Crippen molar-refractivity contribution < 1.29 is 0 Å². The van der Waals surface area contributed by atoms with Crippen LogP contribution in [0.3, 0.4) is 0 Å². The normalized spacial score (nSPS) is 22.9. The number of benzene rings is 1. The summed E-state index contributed by atoms with van der Waals surface area (Å²) in [5.74, 6) is 2.32. The Morgan fingerprint density at radius 1 is 1.33 bits per heavy atom. The topological polar surface area (TPSA) is 26.0 Å². The van der Waals surface area contributed by atoms with Gasteiger partial charge >= 0.3 is 0 Å². The summed E-state index contributed by atoms with van der Waals surface area (Å²) in [5.41, 5.74) is 8.81. The van der Waals surface area contributed by atoms with Gasteiger partial charge in [0.05, 0.1) is 0 Å². The van der Waals surface area contributed by atoms with Gasteiger partial charge < -0.3 is 5.73 Å². The lowest BCUT2D eigenvalue weighted by Gasteiger charge is -2.10. The highest BCUT2D eigenvalue weighted by Crippen LogP contribution is 2.28. The Morgan fingerprint density at radius 3 is 3.08 bits per heavy atom. The average molecular weight is 179 g/mol. The summed E-state index contributed by atoms with van der Waals surface area (Å²) in [7, 11) is 0. The van der Waals surface area contributed by atoms with Crippen LogP contribution in [0.4, 0.5) is 0 Å². The largest absolute Gasteiger partial charge is 0.324 e. The maximum atomic E-state index is 6.03. The number of fused-ring (bicyclic) bond motifs is 1. The molecular weight excluding hydrogens is 166 g/mol. The van der Waals surface area contributed by atoms with E-state index in [1.807, 2.05) is 11.8 Å². The molecule has 0 saturated carbocycles. The molecule has 1 aliphatic heterocycles. The minimum atomic E-state index is 0.260. The van der Waals surface area contributed by atoms with E-state index in [0.717, 1.165) is 12.2 Å². The van der Waals surface area contributed by atoms with E-state index in [4.69, 9.17) is 5.73 Å². The molecule has 64 valence electrons. The Bertz CT molecular complexity index is 272. The van der Waals surface area contributed by atoms with Crippen LogP contribution in [0.25, 0.3) is 0 Å². The standard InChI is InChI=1S/C10H13NS/c11-10-5-6-12-7-8-3-1-2-4-9(8)10/h1-4,10H,5-7,11H2/t10-/m1/s1. The van der Waals surface area contributed by atoms with Crippen molar-refractivity contribution in [3.8, 4) is 0 Å². The first kappa shape index (κ1) is 8.14. The zero-order chi connectivity index (χ0) is 8.39. The van der Waals surface area contributed by atoms with Gasteiger partial charge in [-0.2, -0.15) is 11.8 Å². The maximum absolute atomic E-state index is 6.03. The Morgan fingerprint density at radius 2 is 2.17 bits per heavy atom. The molecule has 1 aromatic rings. The van der Waals surface area contributed by atoms with Crippen molar-refractivity contribution in [1.82, 2.24) is 0 Å². The monoisotopic (exact) mass is 179 g/mol. The third-order valence-corrected chi connectivity index (χ3v) is 3.32. The Labute approximate surface area is 77.3 Å². The van der Waals surface area contributed by atoms with Crippen LogP contribution in [-0.2, 0) is 5.75 Å². The molecule has 0 aliphatic carbocycles. The van der Waals surface area contributed by atoms with Crippen molar-refractivity contribution in [3.63, 3.8) is 0 Å². The van der Waals surface area contributed by atoms with Crippen LogP contribution >= 0.6 is 11.8 Å². The molecule has 0 bridgehead atoms. The molecule has 1 heterocycles. The van der Waals surface area contributed by atoms with E-state index >= 15 is 0 Å². The van der Waals surface area contributed by atoms with Crippen LogP contribution in [0.2, 0.25) is 0 Å². The van der Waals surface area contributed by atoms with Gasteiger partial charge in [-0.1, -0.05) is 24.3 Å². The predicted octanol–water partition coefficient (Wildman–Crippen LogP) is 2.32. The highest BCUT2D eigenvalue weighted by Gasteiger charge is 2.13. The van der Waals surface area contributed by atoms with E-state index in [9.17, 15) is 0 Å². The lowest BCUT2D eigenvalue weighted by atomic mass is 10.0. The van der Waals surface area contributed by atoms with Gasteiger partial charge in [-0.05, 0) is 23.3 Å². The van der Waals surface area contributed by atoms with Gasteiger partial charge in [0.15, 0.2) is 0 Å². The van der Waals surface area contributed by atoms with Crippen LogP contribution < -0.4 is 5.73 Å². The van der Waals surface area contributed by atoms with E-state index in [1.54, 1.807) is 0 Å². The second-order valence-electron chi connectivity index (χ2n) is 3.15. The number of nitrogens with two attached hydrogens (primary N) is 1. The molecule has 0 spiro atoms. The Hall–Kier alpha value is -0.470. The molecule has 0 unspecified atom stereocenters. The molecule has 12 heavy (non-hydrogen) atoms. The van der Waals surface area contributed by atoms with Gasteiger partial charge in [0.1, 0.15) is 0 Å². The lowest BCUT2D eigenvalue weighted by molar-refractivity contribution is 0.705. The molecule has 2 heteroatoms. The van der Waals surface area contributed by atoms with Crippen molar-refractivity contribution >= 4 is 11.8 Å². The number of hydrogen-bond acceptors (Lipinski definition) is 2. The van der Waals surface area contributed by atoms with Crippen LogP contribution in [0.1, 0.15) is 23.6 Å². The molecule has 1 atom stereocenters. The summed E-state index contributed by atoms with van der Waals surface area (Å²) in [5, 5.41) is 0. The Kier molecular flexibility index (Phi) is 2.38. The molecule has 1 aliphatic rings. The third-order valence-electron chi connectivity index (χ3n) is 2.29. The van der Waals surface area contributed by atoms with Crippen LogP contribution in [0, 0.1) is 0 Å². The van der Waals surface area contributed by atoms with Gasteiger partial charge in [0.25, 0.3) is 0 Å². The molecule has 0 saturated heterocycles. The Balaban J connectivity index is 2.39. The first-order valence-electron chi connectivity index (χ1n) is 4.29. The summed E-state index contributed by atoms with van der Waals surface area (Å²) in [6.45, 7) is 0. The van der Waals surface area contributed by atoms with E-state index < -0.39 is 0 Å². The van der Waals surface area contributed by atoms with E-state index in [1.165, 1.54) is 16.9 Å². The fourth-order valence-corrected chi connectivity index (χ4v) is 2.62. The summed E-state index contributed by atoms with van der Waals surface area (Å²) < 4.78 is 0. The summed E-state index contributed by atoms with van der Waals surface area (Å²) in [6.07, 6.45) is 1.11. The van der Waals surface area contributed by atoms with Crippen molar-refractivity contribution in [3.05, 3.63) is 35.4 Å². The molecule has 2 rings (SSSR count). The van der Waals surface area contributed by atoms with Crippen LogP contribution in [0.5, 0.6) is 0 Å². The average Bonchev–Trinajstić information content (AvgIpc) is 2.29. The summed E-state index contributed by atoms with van der Waals surface area (Å²) in [4.78, 5) is 0. The zero-order valence-corrected chi connectivity index (χ0v) is 7.81. The molecule has 0 radical (unpaired) electrons. The van der Waals surface area contributed by atoms with Gasteiger partial charge in [0, 0.05) is 11.8 Å². The molecule has 2 N–H and O–H groups in total. The second kappa shape index (κ2) is 3.50. The van der Waals surface area contributed by atoms with Gasteiger partial charge in [0.2, 0.25) is 0 Å². The van der Waals surface area contributed by atoms with E-state index in [2.05, 4.69) is 24.3 Å². The number of hydrogen-bond donors (Lipinski definition) is 1. The quantitative estimate of drug-likeness (QED) is 0.661. The van der Waals surface area contributed by atoms with Crippen LogP contribution in [-0.4, -0.2) is 5.75 Å². The number of rotatable bonds is 0. The lowest BCUT2D eigenvalue weighted by Crippen LogP contribution is -2.10. The summed E-state index contributed by atoms with van der Waals surface area (Å²) in [6, 6.07) is 8.78. The fourth-order valence-electron chi connectivity index (χ4n) is 1.58. The smallest absolute Gasteiger partial charge is 0.0305 e. The SMILES string of the molecule is N[C@@H]1CCSCc2ccccc21. The molecular formula is C10H13NS. The van der Waals surface area contributed by atoms with Crippen molar-refractivity contribution in [2.45, 2.75) is 18.2 Å². The van der Waals surface area contributed by atoms with Crippen molar-refractivity contribution in [2.75, 3.05) is 5.75 Å². The zero-order valence-electron chi connectivity index (χ0n) is 6.99. The first-order valence-corrected chi connectivity index (χ1v) is 5.44. The van der Waals surface area contributed by atoms with Gasteiger partial charge in [-0.15, -0.1) is 0 Å². The maximum Gasteiger partial charge on any atom is 0.0305 e. The molecule has 1 aromatic carbocycles. The highest BCUT2D eigenvalue weighted by molar-refractivity contribution is 7.98. The fraction of sp³-hybridized carbons (Fsp3) is 0.400. The van der Waals surface area contributed by atoms with Gasteiger partial charge in [-0.3, -0.25) is 0 Å². The number of thioether (sulfide) groups is 1. The molecule has 0 aromatic heterocycles. The van der Waals surface area contributed by atoms with Crippen molar-refractivity contribution in [1.29, 1.82) is 0 Å². The predicted molar refractivity (Wildman–Crippen MR) is 54.1 cm³/mol.